The normalized spacial score (nSPS) is 16.9. The summed E-state index contributed by atoms with van der Waals surface area (Å²) in [6, 6.07) is 0.516. The number of hydrogen-bond donors (Lipinski definition) is 1. The molecule has 0 bridgehead atoms. The Balaban J connectivity index is 2.31. The van der Waals surface area contributed by atoms with E-state index in [2.05, 4.69) is 11.2 Å². The van der Waals surface area contributed by atoms with E-state index < -0.39 is 0 Å². The molecule has 1 unspecified atom stereocenters. The first-order chi connectivity index (χ1) is 7.22. The molecule has 1 atom stereocenters. The molecule has 3 heteroatoms. The van der Waals surface area contributed by atoms with Gasteiger partial charge in [-0.15, -0.1) is 6.42 Å². The minimum atomic E-state index is 0.0202. The van der Waals surface area contributed by atoms with Crippen LogP contribution in [0.25, 0.3) is 0 Å². The summed E-state index contributed by atoms with van der Waals surface area (Å²) in [5.74, 6) is 2.80. The van der Waals surface area contributed by atoms with E-state index in [1.807, 2.05) is 18.7 Å². The molecule has 0 heterocycles. The van der Waals surface area contributed by atoms with Crippen LogP contribution in [0, 0.1) is 12.3 Å². The lowest BCUT2D eigenvalue weighted by molar-refractivity contribution is -0.130. The lowest BCUT2D eigenvalue weighted by Gasteiger charge is -2.21. The van der Waals surface area contributed by atoms with Gasteiger partial charge in [0.15, 0.2) is 0 Å². The van der Waals surface area contributed by atoms with Crippen molar-refractivity contribution in [2.24, 2.45) is 0 Å². The largest absolute Gasteiger partial charge is 0.339 e. The number of nitrogens with zero attached hydrogens (tertiary/aromatic N) is 1. The number of carbonyl (C=O) groups excluding carboxylic acids is 1. The number of nitrogens with one attached hydrogen (secondary N) is 1. The molecule has 0 spiro atoms. The van der Waals surface area contributed by atoms with E-state index >= 15 is 0 Å². The van der Waals surface area contributed by atoms with Gasteiger partial charge in [0.2, 0.25) is 5.91 Å². The molecule has 1 fully saturated rings. The number of carbonyl (C=O) groups is 1. The van der Waals surface area contributed by atoms with Crippen LogP contribution in [0.2, 0.25) is 0 Å². The average molecular weight is 208 g/mol. The summed E-state index contributed by atoms with van der Waals surface area (Å²) in [4.78, 5) is 13.7. The maximum absolute atomic E-state index is 11.8. The fourth-order valence-electron chi connectivity index (χ4n) is 1.66. The van der Waals surface area contributed by atoms with Gasteiger partial charge in [0.05, 0.1) is 12.6 Å². The van der Waals surface area contributed by atoms with Crippen molar-refractivity contribution in [2.75, 3.05) is 13.1 Å². The summed E-state index contributed by atoms with van der Waals surface area (Å²) in [6.45, 7) is 5.21. The van der Waals surface area contributed by atoms with Crippen LogP contribution in [0.15, 0.2) is 0 Å². The fourth-order valence-corrected chi connectivity index (χ4v) is 1.66. The van der Waals surface area contributed by atoms with Gasteiger partial charge in [-0.05, 0) is 26.2 Å². The van der Waals surface area contributed by atoms with Crippen LogP contribution >= 0.6 is 0 Å². The van der Waals surface area contributed by atoms with Gasteiger partial charge < -0.3 is 4.90 Å². The molecule has 0 radical (unpaired) electrons. The lowest BCUT2D eigenvalue weighted by Crippen LogP contribution is -2.42. The van der Waals surface area contributed by atoms with Crippen LogP contribution in [0.3, 0.4) is 0 Å². The van der Waals surface area contributed by atoms with Crippen molar-refractivity contribution in [3.05, 3.63) is 0 Å². The molecular formula is C12H20N2O. The van der Waals surface area contributed by atoms with E-state index in [1.54, 1.807) is 0 Å². The summed E-state index contributed by atoms with van der Waals surface area (Å²) in [7, 11) is 0. The Morgan fingerprint density at radius 2 is 2.27 bits per heavy atom. The molecular weight excluding hydrogens is 188 g/mol. The van der Waals surface area contributed by atoms with Crippen LogP contribution in [0.5, 0.6) is 0 Å². The topological polar surface area (TPSA) is 32.3 Å². The summed E-state index contributed by atoms with van der Waals surface area (Å²) >= 11 is 0. The quantitative estimate of drug-likeness (QED) is 0.660. The van der Waals surface area contributed by atoms with Gasteiger partial charge in [0.25, 0.3) is 0 Å². The molecule has 0 aromatic rings. The van der Waals surface area contributed by atoms with Crippen LogP contribution < -0.4 is 5.32 Å². The van der Waals surface area contributed by atoms with E-state index in [-0.39, 0.29) is 11.9 Å². The molecule has 0 saturated heterocycles. The minimum Gasteiger partial charge on any atom is -0.339 e. The number of rotatable bonds is 6. The Labute approximate surface area is 92.2 Å². The fraction of sp³-hybridized carbons (Fsp3) is 0.750. The van der Waals surface area contributed by atoms with Gasteiger partial charge in [0, 0.05) is 12.6 Å². The Bertz CT molecular complexity index is 253. The van der Waals surface area contributed by atoms with Gasteiger partial charge in [-0.25, -0.2) is 0 Å². The Morgan fingerprint density at radius 1 is 1.60 bits per heavy atom. The van der Waals surface area contributed by atoms with Crippen LogP contribution in [0.1, 0.15) is 33.1 Å². The molecule has 0 aromatic carbocycles. The molecule has 1 saturated carbocycles. The van der Waals surface area contributed by atoms with Crippen molar-refractivity contribution in [1.82, 2.24) is 10.2 Å². The first-order valence-electron chi connectivity index (χ1n) is 5.71. The number of amides is 1. The van der Waals surface area contributed by atoms with Crippen molar-refractivity contribution < 1.29 is 4.79 Å². The predicted octanol–water partition coefficient (Wildman–Crippen LogP) is 0.999. The minimum absolute atomic E-state index is 0.0202. The Hall–Kier alpha value is -1.01. The SMILES string of the molecule is C#CC(CC)NCC(=O)N(CC)C1CC1. The molecule has 0 aromatic heterocycles. The maximum Gasteiger partial charge on any atom is 0.236 e. The standard InChI is InChI=1S/C12H20N2O/c1-4-10(5-2)13-9-12(15)14(6-3)11-7-8-11/h1,10-11,13H,5-9H2,2-3H3. The summed E-state index contributed by atoms with van der Waals surface area (Å²) in [5.41, 5.74) is 0. The van der Waals surface area contributed by atoms with Gasteiger partial charge in [-0.2, -0.15) is 0 Å². The number of likely N-dealkylation sites (N-methyl/N-ethyl adjacent to an activating group) is 1. The molecule has 3 nitrogen and oxygen atoms in total. The smallest absolute Gasteiger partial charge is 0.236 e. The van der Waals surface area contributed by atoms with E-state index in [4.69, 9.17) is 6.42 Å². The third-order valence-electron chi connectivity index (χ3n) is 2.76. The van der Waals surface area contributed by atoms with Crippen LogP contribution in [-0.2, 0) is 4.79 Å². The molecule has 1 N–H and O–H groups in total. The zero-order valence-electron chi connectivity index (χ0n) is 9.62. The van der Waals surface area contributed by atoms with E-state index in [0.717, 1.165) is 25.8 Å². The second-order valence-corrected chi connectivity index (χ2v) is 3.92. The summed E-state index contributed by atoms with van der Waals surface area (Å²) in [5, 5.41) is 3.09. The van der Waals surface area contributed by atoms with Gasteiger partial charge in [-0.3, -0.25) is 10.1 Å². The van der Waals surface area contributed by atoms with Crippen LogP contribution in [-0.4, -0.2) is 36.0 Å². The molecule has 15 heavy (non-hydrogen) atoms. The monoisotopic (exact) mass is 208 g/mol. The lowest BCUT2D eigenvalue weighted by atomic mass is 10.2. The highest BCUT2D eigenvalue weighted by molar-refractivity contribution is 5.79. The van der Waals surface area contributed by atoms with Crippen molar-refractivity contribution in [2.45, 2.75) is 45.2 Å². The van der Waals surface area contributed by atoms with Crippen molar-refractivity contribution >= 4 is 5.91 Å². The molecule has 1 amide bonds. The van der Waals surface area contributed by atoms with Crippen LogP contribution in [0.4, 0.5) is 0 Å². The average Bonchev–Trinajstić information content (AvgIpc) is 3.05. The zero-order valence-corrected chi connectivity index (χ0v) is 9.62. The van der Waals surface area contributed by atoms with Gasteiger partial charge >= 0.3 is 0 Å². The highest BCUT2D eigenvalue weighted by atomic mass is 16.2. The zero-order chi connectivity index (χ0) is 11.3. The second kappa shape index (κ2) is 5.77. The molecule has 1 rings (SSSR count). The first-order valence-corrected chi connectivity index (χ1v) is 5.71. The molecule has 0 aliphatic heterocycles. The Kier molecular flexibility index (Phi) is 4.64. The third-order valence-corrected chi connectivity index (χ3v) is 2.76. The van der Waals surface area contributed by atoms with E-state index in [0.29, 0.717) is 12.6 Å². The molecule has 1 aliphatic carbocycles. The number of hydrogen-bond acceptors (Lipinski definition) is 2. The Morgan fingerprint density at radius 3 is 2.67 bits per heavy atom. The van der Waals surface area contributed by atoms with Gasteiger partial charge in [0.1, 0.15) is 0 Å². The van der Waals surface area contributed by atoms with Crippen molar-refractivity contribution in [1.29, 1.82) is 0 Å². The maximum atomic E-state index is 11.8. The van der Waals surface area contributed by atoms with Gasteiger partial charge in [-0.1, -0.05) is 12.8 Å². The molecule has 84 valence electrons. The molecule has 1 aliphatic rings. The highest BCUT2D eigenvalue weighted by Gasteiger charge is 2.30. The predicted molar refractivity (Wildman–Crippen MR) is 61.3 cm³/mol. The van der Waals surface area contributed by atoms with Crippen molar-refractivity contribution in [3.8, 4) is 12.3 Å². The van der Waals surface area contributed by atoms with Crippen molar-refractivity contribution in [3.63, 3.8) is 0 Å². The van der Waals surface area contributed by atoms with E-state index in [9.17, 15) is 4.79 Å². The number of terminal acetylenes is 1. The summed E-state index contributed by atoms with van der Waals surface area (Å²) < 4.78 is 0. The highest BCUT2D eigenvalue weighted by Crippen LogP contribution is 2.26. The summed E-state index contributed by atoms with van der Waals surface area (Å²) in [6.07, 6.45) is 8.49. The second-order valence-electron chi connectivity index (χ2n) is 3.92. The third kappa shape index (κ3) is 3.56. The van der Waals surface area contributed by atoms with E-state index in [1.165, 1.54) is 0 Å². The first kappa shape index (κ1) is 12.1.